The number of carbonyl (C=O) groups is 1. The van der Waals surface area contributed by atoms with Gasteiger partial charge in [-0.25, -0.2) is 0 Å². The van der Waals surface area contributed by atoms with Gasteiger partial charge in [0.15, 0.2) is 0 Å². The second-order valence-corrected chi connectivity index (χ2v) is 4.03. The second-order valence-electron chi connectivity index (χ2n) is 4.03. The van der Waals surface area contributed by atoms with Crippen LogP contribution < -0.4 is 10.6 Å². The van der Waals surface area contributed by atoms with Crippen LogP contribution >= 0.6 is 0 Å². The summed E-state index contributed by atoms with van der Waals surface area (Å²) >= 11 is 0. The molecule has 0 aliphatic carbocycles. The Kier molecular flexibility index (Phi) is 3.94. The number of rotatable bonds is 3. The van der Waals surface area contributed by atoms with Gasteiger partial charge in [0.2, 0.25) is 5.91 Å². The average molecular weight is 232 g/mol. The number of nitrogens with zero attached hydrogens (tertiary/aromatic N) is 3. The van der Waals surface area contributed by atoms with E-state index in [4.69, 9.17) is 11.0 Å². The van der Waals surface area contributed by atoms with Crippen LogP contribution in [0.25, 0.3) is 0 Å². The van der Waals surface area contributed by atoms with Crippen LogP contribution in [0.4, 0.5) is 11.4 Å². The third-order valence-electron chi connectivity index (χ3n) is 2.42. The molecule has 5 nitrogen and oxygen atoms in total. The molecule has 1 aromatic carbocycles. The van der Waals surface area contributed by atoms with Crippen LogP contribution in [0.3, 0.4) is 0 Å². The molecular formula is C12H16N4O. The number of hydrogen-bond acceptors (Lipinski definition) is 4. The van der Waals surface area contributed by atoms with E-state index in [1.807, 2.05) is 0 Å². The number of amides is 1. The lowest BCUT2D eigenvalue weighted by atomic mass is 10.1. The number of hydrogen-bond donors (Lipinski definition) is 1. The Balaban J connectivity index is 2.93. The third-order valence-corrected chi connectivity index (χ3v) is 2.42. The molecule has 0 fully saturated rings. The second kappa shape index (κ2) is 5.21. The van der Waals surface area contributed by atoms with Crippen LogP contribution in [0.15, 0.2) is 18.2 Å². The predicted octanol–water partition coefficient (Wildman–Crippen LogP) is 0.665. The molecule has 0 radical (unpaired) electrons. The molecule has 0 atom stereocenters. The van der Waals surface area contributed by atoms with Gasteiger partial charge in [0.1, 0.15) is 6.07 Å². The number of benzene rings is 1. The van der Waals surface area contributed by atoms with Crippen LogP contribution in [0.2, 0.25) is 0 Å². The first-order valence-electron chi connectivity index (χ1n) is 5.16. The molecule has 0 saturated heterocycles. The van der Waals surface area contributed by atoms with E-state index in [-0.39, 0.29) is 12.5 Å². The van der Waals surface area contributed by atoms with Gasteiger partial charge in [0.25, 0.3) is 0 Å². The summed E-state index contributed by atoms with van der Waals surface area (Å²) in [6, 6.07) is 7.14. The lowest BCUT2D eigenvalue weighted by Crippen LogP contribution is -2.34. The molecule has 0 saturated carbocycles. The Labute approximate surface area is 101 Å². The summed E-state index contributed by atoms with van der Waals surface area (Å²) in [6.07, 6.45) is 0. The molecule has 0 spiro atoms. The van der Waals surface area contributed by atoms with E-state index in [0.29, 0.717) is 16.9 Å². The van der Waals surface area contributed by atoms with Gasteiger partial charge in [-0.05, 0) is 18.2 Å². The maximum absolute atomic E-state index is 11.6. The van der Waals surface area contributed by atoms with E-state index in [2.05, 4.69) is 6.07 Å². The van der Waals surface area contributed by atoms with Gasteiger partial charge in [-0.2, -0.15) is 5.26 Å². The maximum Gasteiger partial charge on any atom is 0.241 e. The first kappa shape index (κ1) is 12.8. The van der Waals surface area contributed by atoms with Crippen LogP contribution in [0, 0.1) is 11.3 Å². The highest BCUT2D eigenvalue weighted by atomic mass is 16.2. The minimum Gasteiger partial charge on any atom is -0.399 e. The summed E-state index contributed by atoms with van der Waals surface area (Å²) in [5.74, 6) is -0.0202. The Morgan fingerprint density at radius 3 is 2.59 bits per heavy atom. The number of nitrogen functional groups attached to an aromatic ring is 1. The largest absolute Gasteiger partial charge is 0.399 e. The zero-order valence-corrected chi connectivity index (χ0v) is 10.3. The fourth-order valence-corrected chi connectivity index (χ4v) is 1.41. The minimum atomic E-state index is -0.0202. The summed E-state index contributed by atoms with van der Waals surface area (Å²) < 4.78 is 0. The predicted molar refractivity (Wildman–Crippen MR) is 67.5 cm³/mol. The highest BCUT2D eigenvalue weighted by molar-refractivity contribution is 5.81. The van der Waals surface area contributed by atoms with Crippen molar-refractivity contribution in [1.29, 1.82) is 5.26 Å². The van der Waals surface area contributed by atoms with Gasteiger partial charge >= 0.3 is 0 Å². The Hall–Kier alpha value is -2.22. The molecule has 1 amide bonds. The van der Waals surface area contributed by atoms with Crippen molar-refractivity contribution in [2.24, 2.45) is 0 Å². The first-order valence-corrected chi connectivity index (χ1v) is 5.16. The van der Waals surface area contributed by atoms with E-state index < -0.39 is 0 Å². The van der Waals surface area contributed by atoms with Crippen LogP contribution in [0.5, 0.6) is 0 Å². The molecule has 0 aliphatic heterocycles. The van der Waals surface area contributed by atoms with Crippen molar-refractivity contribution in [3.8, 4) is 6.07 Å². The normalized spacial score (nSPS) is 9.53. The number of carbonyl (C=O) groups excluding carboxylic acids is 1. The van der Waals surface area contributed by atoms with Crippen molar-refractivity contribution in [2.75, 3.05) is 38.3 Å². The molecule has 0 aromatic heterocycles. The number of anilines is 2. The summed E-state index contributed by atoms with van der Waals surface area (Å²) in [4.78, 5) is 14.8. The van der Waals surface area contributed by atoms with Crippen molar-refractivity contribution >= 4 is 17.3 Å². The van der Waals surface area contributed by atoms with E-state index in [1.54, 1.807) is 44.2 Å². The van der Waals surface area contributed by atoms with Crippen LogP contribution in [0.1, 0.15) is 5.56 Å². The monoisotopic (exact) mass is 232 g/mol. The van der Waals surface area contributed by atoms with Crippen LogP contribution in [-0.4, -0.2) is 38.5 Å². The van der Waals surface area contributed by atoms with E-state index in [1.165, 1.54) is 4.90 Å². The molecular weight excluding hydrogens is 216 g/mol. The molecule has 0 aliphatic rings. The van der Waals surface area contributed by atoms with Crippen LogP contribution in [-0.2, 0) is 4.79 Å². The molecule has 5 heteroatoms. The average Bonchev–Trinajstić information content (AvgIpc) is 2.28. The zero-order chi connectivity index (χ0) is 13.0. The Morgan fingerprint density at radius 2 is 2.06 bits per heavy atom. The standard InChI is InChI=1S/C12H16N4O/c1-15(2)12(17)8-16(3)11-5-4-10(14)6-9(11)7-13/h4-6H,8,14H2,1-3H3. The van der Waals surface area contributed by atoms with Crippen molar-refractivity contribution < 1.29 is 4.79 Å². The zero-order valence-electron chi connectivity index (χ0n) is 10.3. The fraction of sp³-hybridized carbons (Fsp3) is 0.333. The molecule has 90 valence electrons. The minimum absolute atomic E-state index is 0.0202. The van der Waals surface area contributed by atoms with Gasteiger partial charge in [0, 0.05) is 26.8 Å². The lowest BCUT2D eigenvalue weighted by molar-refractivity contribution is -0.127. The van der Waals surface area contributed by atoms with Gasteiger partial charge in [-0.3, -0.25) is 4.79 Å². The fourth-order valence-electron chi connectivity index (χ4n) is 1.41. The van der Waals surface area contributed by atoms with Crippen molar-refractivity contribution in [1.82, 2.24) is 4.90 Å². The molecule has 1 rings (SSSR count). The quantitative estimate of drug-likeness (QED) is 0.777. The van der Waals surface area contributed by atoms with E-state index >= 15 is 0 Å². The summed E-state index contributed by atoms with van der Waals surface area (Å²) in [7, 11) is 5.17. The SMILES string of the molecule is CN(C)C(=O)CN(C)c1ccc(N)cc1C#N. The van der Waals surface area contributed by atoms with Gasteiger partial charge < -0.3 is 15.5 Å². The van der Waals surface area contributed by atoms with Crippen molar-refractivity contribution in [3.05, 3.63) is 23.8 Å². The Bertz CT molecular complexity index is 462. The smallest absolute Gasteiger partial charge is 0.241 e. The molecule has 2 N–H and O–H groups in total. The first-order chi connectivity index (χ1) is 7.95. The molecule has 17 heavy (non-hydrogen) atoms. The van der Waals surface area contributed by atoms with Crippen molar-refractivity contribution in [2.45, 2.75) is 0 Å². The van der Waals surface area contributed by atoms with Gasteiger partial charge in [-0.1, -0.05) is 0 Å². The summed E-state index contributed by atoms with van der Waals surface area (Å²) in [5.41, 5.74) is 7.32. The van der Waals surface area contributed by atoms with Gasteiger partial charge in [-0.15, -0.1) is 0 Å². The lowest BCUT2D eigenvalue weighted by Gasteiger charge is -2.22. The number of nitrogens with two attached hydrogens (primary N) is 1. The summed E-state index contributed by atoms with van der Waals surface area (Å²) in [6.45, 7) is 0.228. The molecule has 1 aromatic rings. The highest BCUT2D eigenvalue weighted by Crippen LogP contribution is 2.21. The molecule has 0 heterocycles. The summed E-state index contributed by atoms with van der Waals surface area (Å²) in [5, 5.41) is 9.01. The number of likely N-dealkylation sites (N-methyl/N-ethyl adjacent to an activating group) is 2. The Morgan fingerprint density at radius 1 is 1.41 bits per heavy atom. The highest BCUT2D eigenvalue weighted by Gasteiger charge is 2.12. The third kappa shape index (κ3) is 3.11. The number of nitriles is 1. The topological polar surface area (TPSA) is 73.4 Å². The van der Waals surface area contributed by atoms with Gasteiger partial charge in [0.05, 0.1) is 17.8 Å². The van der Waals surface area contributed by atoms with E-state index in [9.17, 15) is 4.79 Å². The molecule has 0 bridgehead atoms. The molecule has 0 unspecified atom stereocenters. The van der Waals surface area contributed by atoms with E-state index in [0.717, 1.165) is 0 Å². The maximum atomic E-state index is 11.6. The van der Waals surface area contributed by atoms with Crippen molar-refractivity contribution in [3.63, 3.8) is 0 Å².